The van der Waals surface area contributed by atoms with E-state index in [4.69, 9.17) is 0 Å². The molecule has 1 aliphatic rings. The second-order valence-corrected chi connectivity index (χ2v) is 3.18. The van der Waals surface area contributed by atoms with Crippen LogP contribution < -0.4 is 0 Å². The molecule has 0 aliphatic carbocycles. The zero-order valence-corrected chi connectivity index (χ0v) is 7.69. The molecule has 0 spiro atoms. The maximum atomic E-state index is 11.4. The summed E-state index contributed by atoms with van der Waals surface area (Å²) in [4.78, 5) is 35.2. The van der Waals surface area contributed by atoms with Gasteiger partial charge >= 0.3 is 6.03 Å². The largest absolute Gasteiger partial charge is 0.327 e. The Hall–Kier alpha value is -1.39. The summed E-state index contributed by atoms with van der Waals surface area (Å²) in [5, 5.41) is 0. The smallest absolute Gasteiger partial charge is 0.313 e. The highest BCUT2D eigenvalue weighted by Crippen LogP contribution is 2.12. The number of hydrogen-bond acceptors (Lipinski definition) is 3. The summed E-state index contributed by atoms with van der Waals surface area (Å²) < 4.78 is 0. The Morgan fingerprint density at radius 1 is 1.46 bits per heavy atom. The van der Waals surface area contributed by atoms with Crippen LogP contribution in [0.3, 0.4) is 0 Å². The Kier molecular flexibility index (Phi) is 2.65. The topological polar surface area (TPSA) is 57.7 Å². The molecule has 5 nitrogen and oxygen atoms in total. The third-order valence-electron chi connectivity index (χ3n) is 1.96. The van der Waals surface area contributed by atoms with Gasteiger partial charge in [-0.05, 0) is 13.8 Å². The number of urea groups is 1. The van der Waals surface area contributed by atoms with Gasteiger partial charge in [-0.25, -0.2) is 4.79 Å². The van der Waals surface area contributed by atoms with Gasteiger partial charge in [0, 0.05) is 6.04 Å². The first-order valence-electron chi connectivity index (χ1n) is 4.12. The van der Waals surface area contributed by atoms with Crippen molar-refractivity contribution < 1.29 is 14.4 Å². The zero-order chi connectivity index (χ0) is 10.0. The number of amides is 3. The Bertz CT molecular complexity index is 250. The van der Waals surface area contributed by atoms with Gasteiger partial charge in [-0.2, -0.15) is 0 Å². The lowest BCUT2D eigenvalue weighted by Gasteiger charge is -2.19. The van der Waals surface area contributed by atoms with Crippen molar-refractivity contribution in [3.63, 3.8) is 0 Å². The fourth-order valence-electron chi connectivity index (χ4n) is 1.22. The minimum absolute atomic E-state index is 0.00639. The molecule has 0 saturated carbocycles. The highest BCUT2D eigenvalue weighted by Gasteiger charge is 2.36. The molecule has 0 radical (unpaired) electrons. The van der Waals surface area contributed by atoms with E-state index in [0.29, 0.717) is 6.29 Å². The number of rotatable bonds is 3. The molecule has 0 aromatic rings. The summed E-state index contributed by atoms with van der Waals surface area (Å²) in [7, 11) is 0. The second-order valence-electron chi connectivity index (χ2n) is 3.18. The molecule has 0 aromatic carbocycles. The van der Waals surface area contributed by atoms with Crippen LogP contribution in [0.4, 0.5) is 4.79 Å². The van der Waals surface area contributed by atoms with E-state index in [-0.39, 0.29) is 31.1 Å². The van der Waals surface area contributed by atoms with E-state index in [1.54, 1.807) is 0 Å². The molecule has 0 N–H and O–H groups in total. The van der Waals surface area contributed by atoms with Crippen LogP contribution in [-0.2, 0) is 9.59 Å². The molecule has 13 heavy (non-hydrogen) atoms. The summed E-state index contributed by atoms with van der Waals surface area (Å²) in [5.74, 6) is -0.300. The van der Waals surface area contributed by atoms with Crippen molar-refractivity contribution in [1.82, 2.24) is 9.80 Å². The summed E-state index contributed by atoms with van der Waals surface area (Å²) >= 11 is 0. The number of carbonyl (C=O) groups excluding carboxylic acids is 3. The van der Waals surface area contributed by atoms with E-state index in [1.807, 2.05) is 13.8 Å². The van der Waals surface area contributed by atoms with Gasteiger partial charge in [-0.1, -0.05) is 0 Å². The van der Waals surface area contributed by atoms with Crippen molar-refractivity contribution in [2.45, 2.75) is 19.9 Å². The molecule has 0 bridgehead atoms. The standard InChI is InChI=1S/C8H12N2O3/c1-6(2)10-5-7(12)9(3-4-11)8(10)13/h4,6H,3,5H2,1-2H3. The van der Waals surface area contributed by atoms with E-state index in [2.05, 4.69) is 0 Å². The van der Waals surface area contributed by atoms with E-state index in [1.165, 1.54) is 4.90 Å². The summed E-state index contributed by atoms with van der Waals surface area (Å²) in [6.07, 6.45) is 0.555. The predicted molar refractivity (Wildman–Crippen MR) is 45.0 cm³/mol. The Morgan fingerprint density at radius 2 is 2.08 bits per heavy atom. The molecule has 5 heteroatoms. The fourth-order valence-corrected chi connectivity index (χ4v) is 1.22. The van der Waals surface area contributed by atoms with Crippen LogP contribution in [0.15, 0.2) is 0 Å². The maximum Gasteiger partial charge on any atom is 0.327 e. The quantitative estimate of drug-likeness (QED) is 0.453. The molecule has 0 aromatic heterocycles. The molecular formula is C8H12N2O3. The van der Waals surface area contributed by atoms with Crippen molar-refractivity contribution in [1.29, 1.82) is 0 Å². The number of nitrogens with zero attached hydrogens (tertiary/aromatic N) is 2. The zero-order valence-electron chi connectivity index (χ0n) is 7.69. The first-order valence-corrected chi connectivity index (χ1v) is 4.12. The number of hydrogen-bond donors (Lipinski definition) is 0. The maximum absolute atomic E-state index is 11.4. The molecule has 0 atom stereocenters. The van der Waals surface area contributed by atoms with E-state index < -0.39 is 0 Å². The fraction of sp³-hybridized carbons (Fsp3) is 0.625. The van der Waals surface area contributed by atoms with Crippen LogP contribution in [0.2, 0.25) is 0 Å². The van der Waals surface area contributed by atoms with Gasteiger partial charge in [0.1, 0.15) is 12.8 Å². The summed E-state index contributed by atoms with van der Waals surface area (Å²) in [5.41, 5.74) is 0. The lowest BCUT2D eigenvalue weighted by Crippen LogP contribution is -2.37. The molecule has 0 unspecified atom stereocenters. The van der Waals surface area contributed by atoms with Gasteiger partial charge in [0.2, 0.25) is 0 Å². The molecule has 72 valence electrons. The molecule has 1 fully saturated rings. The van der Waals surface area contributed by atoms with Crippen LogP contribution in [0.25, 0.3) is 0 Å². The van der Waals surface area contributed by atoms with Crippen LogP contribution in [0.5, 0.6) is 0 Å². The Morgan fingerprint density at radius 3 is 2.46 bits per heavy atom. The van der Waals surface area contributed by atoms with Crippen molar-refractivity contribution in [3.05, 3.63) is 0 Å². The first-order chi connectivity index (χ1) is 6.07. The molecular weight excluding hydrogens is 172 g/mol. The van der Waals surface area contributed by atoms with Crippen molar-refractivity contribution in [3.8, 4) is 0 Å². The van der Waals surface area contributed by atoms with Crippen molar-refractivity contribution in [2.24, 2.45) is 0 Å². The Labute approximate surface area is 76.3 Å². The third-order valence-corrected chi connectivity index (χ3v) is 1.96. The second kappa shape index (κ2) is 3.55. The van der Waals surface area contributed by atoms with Crippen molar-refractivity contribution >= 4 is 18.2 Å². The average molecular weight is 184 g/mol. The minimum atomic E-state index is -0.368. The lowest BCUT2D eigenvalue weighted by molar-refractivity contribution is -0.127. The van der Waals surface area contributed by atoms with E-state index in [0.717, 1.165) is 4.90 Å². The number of aldehydes is 1. The third kappa shape index (κ3) is 1.68. The molecule has 1 aliphatic heterocycles. The summed E-state index contributed by atoms with van der Waals surface area (Å²) in [6, 6.07) is -0.375. The lowest BCUT2D eigenvalue weighted by atomic mass is 10.3. The highest BCUT2D eigenvalue weighted by molar-refractivity contribution is 6.03. The predicted octanol–water partition coefficient (Wildman–Crippen LogP) is -0.142. The number of imide groups is 1. The summed E-state index contributed by atoms with van der Waals surface area (Å²) in [6.45, 7) is 3.61. The van der Waals surface area contributed by atoms with Gasteiger partial charge in [-0.15, -0.1) is 0 Å². The van der Waals surface area contributed by atoms with Crippen molar-refractivity contribution in [2.75, 3.05) is 13.1 Å². The molecule has 3 amide bonds. The van der Waals surface area contributed by atoms with Crippen LogP contribution in [0.1, 0.15) is 13.8 Å². The van der Waals surface area contributed by atoms with Gasteiger partial charge in [0.05, 0.1) is 6.54 Å². The normalized spacial score (nSPS) is 17.5. The van der Waals surface area contributed by atoms with Crippen LogP contribution in [-0.4, -0.2) is 47.2 Å². The highest BCUT2D eigenvalue weighted by atomic mass is 16.2. The van der Waals surface area contributed by atoms with Gasteiger partial charge < -0.3 is 9.69 Å². The molecule has 1 saturated heterocycles. The van der Waals surface area contributed by atoms with Crippen LogP contribution >= 0.6 is 0 Å². The average Bonchev–Trinajstić information content (AvgIpc) is 2.32. The number of carbonyl (C=O) groups is 3. The van der Waals surface area contributed by atoms with Crippen LogP contribution in [0, 0.1) is 0 Å². The monoisotopic (exact) mass is 184 g/mol. The van der Waals surface area contributed by atoms with E-state index >= 15 is 0 Å². The van der Waals surface area contributed by atoms with Gasteiger partial charge in [0.15, 0.2) is 0 Å². The van der Waals surface area contributed by atoms with E-state index in [9.17, 15) is 14.4 Å². The Balaban J connectivity index is 2.75. The molecule has 1 heterocycles. The first kappa shape index (κ1) is 9.70. The minimum Gasteiger partial charge on any atom is -0.313 e. The van der Waals surface area contributed by atoms with Gasteiger partial charge in [0.25, 0.3) is 5.91 Å². The van der Waals surface area contributed by atoms with Gasteiger partial charge in [-0.3, -0.25) is 9.69 Å². The SMILES string of the molecule is CC(C)N1CC(=O)N(CC=O)C1=O. The molecule has 1 rings (SSSR count).